The number of piperazine rings is 1. The smallest absolute Gasteiger partial charge is 0.234 e. The summed E-state index contributed by atoms with van der Waals surface area (Å²) >= 11 is 0. The molecular formula is C15H22N2O. The summed E-state index contributed by atoms with van der Waals surface area (Å²) in [5, 5.41) is 2.85. The third kappa shape index (κ3) is 3.33. The fourth-order valence-corrected chi connectivity index (χ4v) is 2.19. The van der Waals surface area contributed by atoms with Gasteiger partial charge < -0.3 is 5.32 Å². The number of nitrogens with zero attached hydrogens (tertiary/aromatic N) is 1. The Morgan fingerprint density at radius 1 is 1.22 bits per heavy atom. The highest BCUT2D eigenvalue weighted by molar-refractivity contribution is 5.78. The molecule has 0 radical (unpaired) electrons. The van der Waals surface area contributed by atoms with Crippen LogP contribution in [-0.4, -0.2) is 30.4 Å². The minimum absolute atomic E-state index is 0.132. The van der Waals surface area contributed by atoms with Gasteiger partial charge in [-0.1, -0.05) is 45.0 Å². The number of rotatable bonds is 2. The molecule has 1 aromatic rings. The Morgan fingerprint density at radius 3 is 2.44 bits per heavy atom. The third-order valence-electron chi connectivity index (χ3n) is 3.34. The van der Waals surface area contributed by atoms with E-state index in [1.54, 1.807) is 0 Å². The highest BCUT2D eigenvalue weighted by atomic mass is 16.2. The van der Waals surface area contributed by atoms with Gasteiger partial charge in [0.15, 0.2) is 0 Å². The molecule has 1 fully saturated rings. The first kappa shape index (κ1) is 13.1. The van der Waals surface area contributed by atoms with Crippen LogP contribution >= 0.6 is 0 Å². The molecule has 1 saturated heterocycles. The van der Waals surface area contributed by atoms with Crippen LogP contribution in [0.5, 0.6) is 0 Å². The van der Waals surface area contributed by atoms with Crippen molar-refractivity contribution in [3.8, 4) is 0 Å². The molecule has 1 aliphatic heterocycles. The molecule has 1 aromatic carbocycles. The maximum absolute atomic E-state index is 11.3. The van der Waals surface area contributed by atoms with Crippen LogP contribution in [0.3, 0.4) is 0 Å². The van der Waals surface area contributed by atoms with Gasteiger partial charge >= 0.3 is 0 Å². The van der Waals surface area contributed by atoms with E-state index in [0.717, 1.165) is 19.6 Å². The summed E-state index contributed by atoms with van der Waals surface area (Å²) in [5.74, 6) is 0.132. The van der Waals surface area contributed by atoms with Gasteiger partial charge in [0.2, 0.25) is 5.91 Å². The lowest BCUT2D eigenvalue weighted by molar-refractivity contribution is -0.124. The highest BCUT2D eigenvalue weighted by Crippen LogP contribution is 2.22. The summed E-state index contributed by atoms with van der Waals surface area (Å²) in [6.45, 7) is 9.73. The molecule has 0 aliphatic carbocycles. The van der Waals surface area contributed by atoms with E-state index in [0.29, 0.717) is 6.54 Å². The second-order valence-corrected chi connectivity index (χ2v) is 6.01. The van der Waals surface area contributed by atoms with Gasteiger partial charge in [0, 0.05) is 19.6 Å². The van der Waals surface area contributed by atoms with Gasteiger partial charge in [0.05, 0.1) is 6.54 Å². The molecule has 98 valence electrons. The van der Waals surface area contributed by atoms with Crippen molar-refractivity contribution in [2.24, 2.45) is 0 Å². The van der Waals surface area contributed by atoms with Crippen LogP contribution in [0.15, 0.2) is 24.3 Å². The molecule has 0 aromatic heterocycles. The number of hydrogen-bond acceptors (Lipinski definition) is 2. The molecule has 0 atom stereocenters. The van der Waals surface area contributed by atoms with E-state index in [-0.39, 0.29) is 11.3 Å². The summed E-state index contributed by atoms with van der Waals surface area (Å²) in [6.07, 6.45) is 0. The number of amides is 1. The van der Waals surface area contributed by atoms with Crippen molar-refractivity contribution < 1.29 is 4.79 Å². The average Bonchev–Trinajstić information content (AvgIpc) is 2.28. The zero-order valence-corrected chi connectivity index (χ0v) is 11.5. The fourth-order valence-electron chi connectivity index (χ4n) is 2.19. The first-order chi connectivity index (χ1) is 8.45. The van der Waals surface area contributed by atoms with E-state index < -0.39 is 0 Å². The van der Waals surface area contributed by atoms with Crippen LogP contribution in [0.4, 0.5) is 0 Å². The largest absolute Gasteiger partial charge is 0.354 e. The molecule has 2 rings (SSSR count). The second-order valence-electron chi connectivity index (χ2n) is 6.01. The molecule has 1 amide bonds. The van der Waals surface area contributed by atoms with Gasteiger partial charge in [-0.2, -0.15) is 0 Å². The zero-order valence-electron chi connectivity index (χ0n) is 11.5. The summed E-state index contributed by atoms with van der Waals surface area (Å²) < 4.78 is 0. The van der Waals surface area contributed by atoms with Crippen LogP contribution < -0.4 is 5.32 Å². The molecule has 0 saturated carbocycles. The van der Waals surface area contributed by atoms with Gasteiger partial charge in [0.25, 0.3) is 0 Å². The van der Waals surface area contributed by atoms with Crippen LogP contribution in [0, 0.1) is 0 Å². The van der Waals surface area contributed by atoms with E-state index in [4.69, 9.17) is 0 Å². The molecule has 1 N–H and O–H groups in total. The summed E-state index contributed by atoms with van der Waals surface area (Å²) in [6, 6.07) is 8.74. The Kier molecular flexibility index (Phi) is 3.71. The molecule has 0 bridgehead atoms. The molecule has 3 heteroatoms. The van der Waals surface area contributed by atoms with Gasteiger partial charge in [-0.3, -0.25) is 9.69 Å². The van der Waals surface area contributed by atoms with E-state index in [1.165, 1.54) is 11.1 Å². The number of hydrogen-bond donors (Lipinski definition) is 1. The lowest BCUT2D eigenvalue weighted by Gasteiger charge is -2.26. The summed E-state index contributed by atoms with van der Waals surface area (Å²) in [5.41, 5.74) is 2.82. The van der Waals surface area contributed by atoms with Crippen molar-refractivity contribution in [2.75, 3.05) is 19.6 Å². The van der Waals surface area contributed by atoms with E-state index in [9.17, 15) is 4.79 Å². The standard InChI is InChI=1S/C15H22N2O/c1-15(2,3)13-6-4-12(5-7-13)10-17-9-8-16-14(18)11-17/h4-7H,8-11H2,1-3H3,(H,16,18). The van der Waals surface area contributed by atoms with Gasteiger partial charge in [-0.15, -0.1) is 0 Å². The predicted octanol–water partition coefficient (Wildman–Crippen LogP) is 1.92. The first-order valence-electron chi connectivity index (χ1n) is 6.53. The number of carbonyl (C=O) groups excluding carboxylic acids is 1. The predicted molar refractivity (Wildman–Crippen MR) is 73.4 cm³/mol. The van der Waals surface area contributed by atoms with Crippen LogP contribution in [0.1, 0.15) is 31.9 Å². The van der Waals surface area contributed by atoms with Crippen molar-refractivity contribution in [2.45, 2.75) is 32.7 Å². The average molecular weight is 246 g/mol. The van der Waals surface area contributed by atoms with Crippen LogP contribution in [-0.2, 0) is 16.8 Å². The van der Waals surface area contributed by atoms with E-state index >= 15 is 0 Å². The Morgan fingerprint density at radius 2 is 1.89 bits per heavy atom. The molecule has 0 unspecified atom stereocenters. The Hall–Kier alpha value is -1.35. The lowest BCUT2D eigenvalue weighted by atomic mass is 9.87. The number of benzene rings is 1. The molecule has 3 nitrogen and oxygen atoms in total. The Bertz CT molecular complexity index is 417. The summed E-state index contributed by atoms with van der Waals surface area (Å²) in [4.78, 5) is 13.5. The van der Waals surface area contributed by atoms with Crippen LogP contribution in [0.2, 0.25) is 0 Å². The molecular weight excluding hydrogens is 224 g/mol. The second kappa shape index (κ2) is 5.11. The number of carbonyl (C=O) groups is 1. The maximum atomic E-state index is 11.3. The van der Waals surface area contributed by atoms with Crippen molar-refractivity contribution >= 4 is 5.91 Å². The third-order valence-corrected chi connectivity index (χ3v) is 3.34. The monoisotopic (exact) mass is 246 g/mol. The summed E-state index contributed by atoms with van der Waals surface area (Å²) in [7, 11) is 0. The highest BCUT2D eigenvalue weighted by Gasteiger charge is 2.17. The topological polar surface area (TPSA) is 32.3 Å². The zero-order chi connectivity index (χ0) is 13.2. The first-order valence-corrected chi connectivity index (χ1v) is 6.53. The van der Waals surface area contributed by atoms with Gasteiger partial charge in [-0.25, -0.2) is 0 Å². The van der Waals surface area contributed by atoms with Crippen molar-refractivity contribution in [1.29, 1.82) is 0 Å². The molecule has 0 spiro atoms. The minimum atomic E-state index is 0.132. The quantitative estimate of drug-likeness (QED) is 0.864. The minimum Gasteiger partial charge on any atom is -0.354 e. The Labute approximate surface area is 109 Å². The van der Waals surface area contributed by atoms with Crippen LogP contribution in [0.25, 0.3) is 0 Å². The van der Waals surface area contributed by atoms with E-state index in [2.05, 4.69) is 55.3 Å². The maximum Gasteiger partial charge on any atom is 0.234 e. The van der Waals surface area contributed by atoms with E-state index in [1.807, 2.05) is 0 Å². The number of nitrogens with one attached hydrogen (secondary N) is 1. The van der Waals surface area contributed by atoms with Gasteiger partial charge in [-0.05, 0) is 16.5 Å². The fraction of sp³-hybridized carbons (Fsp3) is 0.533. The molecule has 1 heterocycles. The van der Waals surface area contributed by atoms with Crippen molar-refractivity contribution in [3.63, 3.8) is 0 Å². The Balaban J connectivity index is 2.00. The van der Waals surface area contributed by atoms with Gasteiger partial charge in [0.1, 0.15) is 0 Å². The molecule has 18 heavy (non-hydrogen) atoms. The lowest BCUT2D eigenvalue weighted by Crippen LogP contribution is -2.47. The SMILES string of the molecule is CC(C)(C)c1ccc(CN2CCNC(=O)C2)cc1. The van der Waals surface area contributed by atoms with Crippen molar-refractivity contribution in [1.82, 2.24) is 10.2 Å². The van der Waals surface area contributed by atoms with Crippen molar-refractivity contribution in [3.05, 3.63) is 35.4 Å². The molecule has 1 aliphatic rings. The normalized spacial score (nSPS) is 17.6.